The minimum Gasteiger partial charge on any atom is -0.485 e. The number of carboxylic acid groups (broad SMARTS) is 1. The van der Waals surface area contributed by atoms with Gasteiger partial charge in [-0.3, -0.25) is 5.32 Å². The van der Waals surface area contributed by atoms with Crippen molar-refractivity contribution in [1.82, 2.24) is 4.98 Å². The highest BCUT2D eigenvalue weighted by molar-refractivity contribution is 6.14. The monoisotopic (exact) mass is 832 g/mol. The molecule has 15 heteroatoms. The zero-order valence-corrected chi connectivity index (χ0v) is 36.2. The van der Waals surface area contributed by atoms with Crippen molar-refractivity contribution >= 4 is 52.2 Å². The fraction of sp³-hybridized carbons (Fsp3) is 0.444. The van der Waals surface area contributed by atoms with Crippen molar-refractivity contribution in [3.05, 3.63) is 88.9 Å². The first-order valence-corrected chi connectivity index (χ1v) is 19.8. The molecule has 3 aromatic carbocycles. The van der Waals surface area contributed by atoms with Gasteiger partial charge in [-0.05, 0) is 120 Å². The Morgan fingerprint density at radius 2 is 1.55 bits per heavy atom. The van der Waals surface area contributed by atoms with Gasteiger partial charge in [0, 0.05) is 42.1 Å². The number of hydrogen-bond donors (Lipinski definition) is 3. The number of benzene rings is 3. The number of imide groups is 1. The molecule has 3 atom stereocenters. The van der Waals surface area contributed by atoms with E-state index in [2.05, 4.69) is 15.6 Å². The Morgan fingerprint density at radius 3 is 2.13 bits per heavy atom. The first-order valence-electron chi connectivity index (χ1n) is 19.8. The highest BCUT2D eigenvalue weighted by Crippen LogP contribution is 2.33. The second-order valence-electron chi connectivity index (χ2n) is 16.6. The number of aromatic nitrogens is 1. The first kappa shape index (κ1) is 46.7. The molecule has 3 N–H and O–H groups in total. The van der Waals surface area contributed by atoms with Crippen LogP contribution in [0.3, 0.4) is 0 Å². The summed E-state index contributed by atoms with van der Waals surface area (Å²) >= 11 is 0. The van der Waals surface area contributed by atoms with Gasteiger partial charge in [-0.25, -0.2) is 28.6 Å². The number of fused-ring (bicyclic) bond motifs is 1. The van der Waals surface area contributed by atoms with Crippen LogP contribution in [0.1, 0.15) is 103 Å². The number of carbonyl (C=O) groups excluding carboxylic acids is 3. The minimum absolute atomic E-state index is 0.000125. The molecular formula is C45H57FN4O10. The van der Waals surface area contributed by atoms with Crippen molar-refractivity contribution in [3.8, 4) is 5.75 Å². The Labute approximate surface area is 350 Å². The number of aryl methyl sites for hydroxylation is 2. The molecule has 3 amide bonds. The van der Waals surface area contributed by atoms with E-state index in [-0.39, 0.29) is 35.9 Å². The number of methoxy groups -OCH3 is 1. The molecular weight excluding hydrogens is 776 g/mol. The van der Waals surface area contributed by atoms with E-state index < -0.39 is 47.3 Å². The van der Waals surface area contributed by atoms with E-state index in [0.717, 1.165) is 22.4 Å². The van der Waals surface area contributed by atoms with Gasteiger partial charge < -0.3 is 34.1 Å². The zero-order chi connectivity index (χ0) is 44.5. The number of nitrogens with zero attached hydrogens (tertiary/aromatic N) is 2. The van der Waals surface area contributed by atoms with Crippen LogP contribution in [0, 0.1) is 12.7 Å². The molecule has 0 aliphatic carbocycles. The Balaban J connectivity index is 1.49. The van der Waals surface area contributed by atoms with Gasteiger partial charge in [0.2, 0.25) is 0 Å². The third-order valence-electron chi connectivity index (χ3n) is 8.89. The average Bonchev–Trinajstić information content (AvgIpc) is 3.13. The molecule has 0 aliphatic rings. The fourth-order valence-electron chi connectivity index (χ4n) is 6.40. The van der Waals surface area contributed by atoms with Gasteiger partial charge in [0.15, 0.2) is 23.4 Å². The molecule has 0 bridgehead atoms. The highest BCUT2D eigenvalue weighted by Gasteiger charge is 2.35. The van der Waals surface area contributed by atoms with E-state index >= 15 is 4.39 Å². The molecule has 0 saturated carbocycles. The summed E-state index contributed by atoms with van der Waals surface area (Å²) in [6.07, 6.45) is -0.355. The molecule has 4 rings (SSSR count). The van der Waals surface area contributed by atoms with Gasteiger partial charge in [-0.2, -0.15) is 4.90 Å². The van der Waals surface area contributed by atoms with E-state index in [4.69, 9.17) is 23.7 Å². The SMILES string of the molecule is CCCc1cc(NC(=O)OC[C@H](C)c2ccc(C(Nc3ccc4c(N(C(=O)OC(C)(C)C)C(=O)OC(C)(C)C)nccc4c3)C(=O)O)cc2C)cc(F)c1O[C@@H](C)COC. The van der Waals surface area contributed by atoms with Gasteiger partial charge in [0.05, 0.1) is 13.2 Å². The molecule has 324 valence electrons. The molecule has 4 aromatic rings. The van der Waals surface area contributed by atoms with Gasteiger partial charge in [0.1, 0.15) is 17.3 Å². The maximum absolute atomic E-state index is 15.1. The quantitative estimate of drug-likeness (QED) is 0.0969. The number of nitrogens with one attached hydrogen (secondary N) is 2. The minimum atomic E-state index is -1.16. The summed E-state index contributed by atoms with van der Waals surface area (Å²) < 4.78 is 42.6. The lowest BCUT2D eigenvalue weighted by molar-refractivity contribution is -0.138. The smallest absolute Gasteiger partial charge is 0.425 e. The number of aliphatic carboxylic acids is 1. The van der Waals surface area contributed by atoms with Crippen molar-refractivity contribution in [2.45, 2.75) is 111 Å². The predicted molar refractivity (Wildman–Crippen MR) is 228 cm³/mol. The number of carbonyl (C=O) groups is 4. The van der Waals surface area contributed by atoms with Gasteiger partial charge in [0.25, 0.3) is 0 Å². The topological polar surface area (TPSA) is 175 Å². The van der Waals surface area contributed by atoms with Crippen LogP contribution in [0.5, 0.6) is 5.75 Å². The number of anilines is 3. The summed E-state index contributed by atoms with van der Waals surface area (Å²) in [5.74, 6) is -1.89. The normalized spacial score (nSPS) is 13.1. The van der Waals surface area contributed by atoms with Gasteiger partial charge >= 0.3 is 24.2 Å². The summed E-state index contributed by atoms with van der Waals surface area (Å²) in [7, 11) is 1.54. The number of rotatable bonds is 15. The van der Waals surface area contributed by atoms with Gasteiger partial charge in [-0.1, -0.05) is 38.5 Å². The van der Waals surface area contributed by atoms with E-state index in [1.54, 1.807) is 104 Å². The van der Waals surface area contributed by atoms with Crippen LogP contribution in [0.2, 0.25) is 0 Å². The summed E-state index contributed by atoms with van der Waals surface area (Å²) in [4.78, 5) is 57.2. The van der Waals surface area contributed by atoms with Crippen LogP contribution in [-0.2, 0) is 30.2 Å². The van der Waals surface area contributed by atoms with E-state index in [1.165, 1.54) is 12.3 Å². The van der Waals surface area contributed by atoms with Crippen molar-refractivity contribution in [1.29, 1.82) is 0 Å². The van der Waals surface area contributed by atoms with Crippen molar-refractivity contribution in [3.63, 3.8) is 0 Å². The van der Waals surface area contributed by atoms with Crippen LogP contribution < -0.4 is 20.3 Å². The third kappa shape index (κ3) is 12.8. The van der Waals surface area contributed by atoms with Crippen LogP contribution in [-0.4, -0.2) is 72.0 Å². The molecule has 0 saturated heterocycles. The molecule has 60 heavy (non-hydrogen) atoms. The summed E-state index contributed by atoms with van der Waals surface area (Å²) in [6.45, 7) is 17.8. The molecule has 1 aromatic heterocycles. The number of ether oxygens (including phenoxy) is 5. The largest absolute Gasteiger partial charge is 0.485 e. The Morgan fingerprint density at radius 1 is 0.883 bits per heavy atom. The number of hydrogen-bond acceptors (Lipinski definition) is 11. The predicted octanol–water partition coefficient (Wildman–Crippen LogP) is 10.3. The second kappa shape index (κ2) is 19.9. The lowest BCUT2D eigenvalue weighted by atomic mass is 9.93. The zero-order valence-electron chi connectivity index (χ0n) is 36.2. The van der Waals surface area contributed by atoms with Crippen LogP contribution in [0.4, 0.5) is 36.0 Å². The average molecular weight is 833 g/mol. The first-order chi connectivity index (χ1) is 28.1. The third-order valence-corrected chi connectivity index (χ3v) is 8.89. The van der Waals surface area contributed by atoms with Crippen molar-refractivity contribution < 1.29 is 52.4 Å². The molecule has 0 fully saturated rings. The standard InChI is InChI=1S/C45H57FN4O10/c1-12-13-31-22-33(23-36(46)38(31)58-28(4)25-56-11)49-41(53)57-24-27(3)34-16-14-30(20-26(34)2)37(40(51)52)48-32-15-17-35-29(21-32)18-19-47-39(35)50(42(54)59-44(5,6)7)43(55)60-45(8,9)10/h14-23,27-28,37,48H,12-13,24-25H2,1-11H3,(H,49,53)(H,51,52)/t27-,28-,37?/m0/s1. The maximum atomic E-state index is 15.1. The van der Waals surface area contributed by atoms with E-state index in [0.29, 0.717) is 40.6 Å². The Hall–Kier alpha value is -5.96. The molecule has 0 aliphatic heterocycles. The summed E-state index contributed by atoms with van der Waals surface area (Å²) in [5, 5.41) is 17.0. The fourth-order valence-corrected chi connectivity index (χ4v) is 6.40. The number of pyridine rings is 1. The highest BCUT2D eigenvalue weighted by atomic mass is 19.1. The second-order valence-corrected chi connectivity index (χ2v) is 16.6. The molecule has 1 unspecified atom stereocenters. The van der Waals surface area contributed by atoms with Gasteiger partial charge in [-0.15, -0.1) is 0 Å². The summed E-state index contributed by atoms with van der Waals surface area (Å²) in [6, 6.07) is 13.6. The molecule has 14 nitrogen and oxygen atoms in total. The molecule has 1 heterocycles. The van der Waals surface area contributed by atoms with Crippen molar-refractivity contribution in [2.75, 3.05) is 35.9 Å². The molecule has 0 radical (unpaired) electrons. The summed E-state index contributed by atoms with van der Waals surface area (Å²) in [5.41, 5.74) is 1.55. The van der Waals surface area contributed by atoms with Crippen LogP contribution in [0.25, 0.3) is 10.8 Å². The van der Waals surface area contributed by atoms with Crippen LogP contribution >= 0.6 is 0 Å². The maximum Gasteiger partial charge on any atom is 0.425 e. The number of halogens is 1. The number of carboxylic acids is 1. The van der Waals surface area contributed by atoms with Crippen LogP contribution in [0.15, 0.2) is 60.8 Å². The lowest BCUT2D eigenvalue weighted by Crippen LogP contribution is -2.44. The Bertz CT molecular complexity index is 2150. The van der Waals surface area contributed by atoms with E-state index in [1.807, 2.05) is 20.8 Å². The number of amides is 3. The Kier molecular flexibility index (Phi) is 15.5. The van der Waals surface area contributed by atoms with Crippen molar-refractivity contribution in [2.24, 2.45) is 0 Å². The molecule has 0 spiro atoms. The lowest BCUT2D eigenvalue weighted by Gasteiger charge is -2.28. The van der Waals surface area contributed by atoms with E-state index in [9.17, 15) is 24.3 Å².